The highest BCUT2D eigenvalue weighted by molar-refractivity contribution is 7.11. The van der Waals surface area contributed by atoms with E-state index >= 15 is 0 Å². The molecule has 3 aromatic rings. The fourth-order valence-corrected chi connectivity index (χ4v) is 3.22. The van der Waals surface area contributed by atoms with Gasteiger partial charge in [0.2, 0.25) is 0 Å². The third kappa shape index (κ3) is 4.03. The maximum Gasteiger partial charge on any atom is 0.270 e. The molecule has 1 aromatic heterocycles. The number of rotatable bonds is 6. The molecule has 0 saturated carbocycles. The lowest BCUT2D eigenvalue weighted by Gasteiger charge is -2.06. The Morgan fingerprint density at radius 1 is 1.29 bits per heavy atom. The number of primary amides is 1. The Balaban J connectivity index is 1.88. The van der Waals surface area contributed by atoms with Crippen LogP contribution in [0.5, 0.6) is 0 Å². The molecule has 0 unspecified atom stereocenters. The van der Waals surface area contributed by atoms with E-state index in [0.29, 0.717) is 27.5 Å². The number of nitrogens with one attached hydrogen (secondary N) is 1. The lowest BCUT2D eigenvalue weighted by Crippen LogP contribution is -2.13. The predicted octanol–water partition coefficient (Wildman–Crippen LogP) is 3.79. The van der Waals surface area contributed by atoms with Crippen LogP contribution in [0.1, 0.15) is 15.4 Å². The van der Waals surface area contributed by atoms with Crippen LogP contribution in [0.15, 0.2) is 60.1 Å². The van der Waals surface area contributed by atoms with Crippen molar-refractivity contribution in [3.63, 3.8) is 0 Å². The summed E-state index contributed by atoms with van der Waals surface area (Å²) in [4.78, 5) is 26.3. The number of aromatic nitrogens is 1. The molecule has 0 saturated heterocycles. The summed E-state index contributed by atoms with van der Waals surface area (Å²) in [6.07, 6.45) is 1.44. The van der Waals surface area contributed by atoms with Crippen LogP contribution in [0.4, 0.5) is 11.4 Å². The molecule has 0 bridgehead atoms. The van der Waals surface area contributed by atoms with E-state index in [0.717, 1.165) is 0 Å². The van der Waals surface area contributed by atoms with E-state index in [2.05, 4.69) is 16.4 Å². The molecular formula is C19H13N5O3S. The average Bonchev–Trinajstić information content (AvgIpc) is 3.19. The quantitative estimate of drug-likeness (QED) is 0.373. The van der Waals surface area contributed by atoms with E-state index in [9.17, 15) is 20.2 Å². The number of amides is 1. The van der Waals surface area contributed by atoms with Gasteiger partial charge in [-0.05, 0) is 12.1 Å². The van der Waals surface area contributed by atoms with Gasteiger partial charge in [-0.25, -0.2) is 4.98 Å². The van der Waals surface area contributed by atoms with Crippen molar-refractivity contribution in [1.29, 1.82) is 5.26 Å². The lowest BCUT2D eigenvalue weighted by molar-refractivity contribution is -0.384. The first-order valence-corrected chi connectivity index (χ1v) is 8.84. The predicted molar refractivity (Wildman–Crippen MR) is 106 cm³/mol. The number of hydrogen-bond acceptors (Lipinski definition) is 7. The Labute approximate surface area is 163 Å². The topological polar surface area (TPSA) is 135 Å². The van der Waals surface area contributed by atoms with Gasteiger partial charge >= 0.3 is 0 Å². The molecule has 1 heterocycles. The van der Waals surface area contributed by atoms with Crippen LogP contribution in [-0.2, 0) is 0 Å². The Morgan fingerprint density at radius 3 is 2.79 bits per heavy atom. The standard InChI is InChI=1S/C19H13N5O3S/c20-9-13(10-22-16-7-2-1-6-15(16)18(21)25)19-23-17(11-28-19)12-4-3-5-14(8-12)24(26)27/h1-8,10-11,22H,(H2,21,25)/b13-10+. The second-order valence-electron chi connectivity index (χ2n) is 5.57. The number of nitriles is 1. The zero-order valence-electron chi connectivity index (χ0n) is 14.3. The number of nitro benzene ring substituents is 1. The molecule has 0 aliphatic carbocycles. The molecule has 8 nitrogen and oxygen atoms in total. The zero-order valence-corrected chi connectivity index (χ0v) is 15.1. The van der Waals surface area contributed by atoms with Gasteiger partial charge in [-0.15, -0.1) is 11.3 Å². The van der Waals surface area contributed by atoms with Crippen molar-refractivity contribution in [3.8, 4) is 17.3 Å². The van der Waals surface area contributed by atoms with Crippen molar-refractivity contribution in [2.24, 2.45) is 5.73 Å². The second kappa shape index (κ2) is 8.11. The number of thiazole rings is 1. The van der Waals surface area contributed by atoms with Crippen molar-refractivity contribution in [2.75, 3.05) is 5.32 Å². The zero-order chi connectivity index (χ0) is 20.1. The Hall–Kier alpha value is -4.03. The third-order valence-corrected chi connectivity index (χ3v) is 4.65. The highest BCUT2D eigenvalue weighted by Crippen LogP contribution is 2.28. The maximum absolute atomic E-state index is 11.5. The first kappa shape index (κ1) is 18.8. The maximum atomic E-state index is 11.5. The van der Waals surface area contributed by atoms with Crippen LogP contribution in [0.25, 0.3) is 16.8 Å². The Kier molecular flexibility index (Phi) is 5.43. The molecular weight excluding hydrogens is 378 g/mol. The number of nitrogens with two attached hydrogens (primary N) is 1. The summed E-state index contributed by atoms with van der Waals surface area (Å²) >= 11 is 1.23. The van der Waals surface area contributed by atoms with Gasteiger partial charge in [0.05, 0.1) is 21.9 Å². The van der Waals surface area contributed by atoms with Gasteiger partial charge in [-0.3, -0.25) is 14.9 Å². The highest BCUT2D eigenvalue weighted by atomic mass is 32.1. The average molecular weight is 391 g/mol. The van der Waals surface area contributed by atoms with E-state index in [4.69, 9.17) is 5.73 Å². The summed E-state index contributed by atoms with van der Waals surface area (Å²) in [6.45, 7) is 0. The lowest BCUT2D eigenvalue weighted by atomic mass is 10.1. The SMILES string of the molecule is N#C/C(=C\Nc1ccccc1C(N)=O)c1nc(-c2cccc([N+](=O)[O-])c2)cs1. The van der Waals surface area contributed by atoms with Gasteiger partial charge in [0.15, 0.2) is 0 Å². The third-order valence-electron chi connectivity index (χ3n) is 3.77. The van der Waals surface area contributed by atoms with Crippen molar-refractivity contribution in [1.82, 2.24) is 4.98 Å². The van der Waals surface area contributed by atoms with Gasteiger partial charge in [-0.1, -0.05) is 24.3 Å². The van der Waals surface area contributed by atoms with Gasteiger partial charge in [0, 0.05) is 29.3 Å². The van der Waals surface area contributed by atoms with Gasteiger partial charge in [-0.2, -0.15) is 5.26 Å². The van der Waals surface area contributed by atoms with Crippen molar-refractivity contribution in [2.45, 2.75) is 0 Å². The van der Waals surface area contributed by atoms with Crippen molar-refractivity contribution >= 4 is 34.2 Å². The Morgan fingerprint density at radius 2 is 2.07 bits per heavy atom. The summed E-state index contributed by atoms with van der Waals surface area (Å²) in [5.41, 5.74) is 7.44. The molecule has 138 valence electrons. The number of hydrogen-bond donors (Lipinski definition) is 2. The molecule has 0 aliphatic heterocycles. The van der Waals surface area contributed by atoms with Gasteiger partial charge < -0.3 is 11.1 Å². The molecule has 3 N–H and O–H groups in total. The minimum Gasteiger partial charge on any atom is -0.366 e. The number of benzene rings is 2. The molecule has 1 amide bonds. The van der Waals surface area contributed by atoms with E-state index in [1.165, 1.54) is 29.7 Å². The Bertz CT molecular complexity index is 1130. The van der Waals surface area contributed by atoms with E-state index < -0.39 is 10.8 Å². The summed E-state index contributed by atoms with van der Waals surface area (Å²) in [5.74, 6) is -0.586. The van der Waals surface area contributed by atoms with Crippen LogP contribution < -0.4 is 11.1 Å². The molecule has 0 aliphatic rings. The minimum absolute atomic E-state index is 0.0344. The van der Waals surface area contributed by atoms with E-state index in [-0.39, 0.29) is 11.3 Å². The number of nitrogens with zero attached hydrogens (tertiary/aromatic N) is 3. The number of carbonyl (C=O) groups is 1. The molecule has 2 aromatic carbocycles. The van der Waals surface area contributed by atoms with Gasteiger partial charge in [0.1, 0.15) is 16.6 Å². The van der Waals surface area contributed by atoms with Crippen molar-refractivity contribution in [3.05, 3.63) is 80.8 Å². The van der Waals surface area contributed by atoms with Gasteiger partial charge in [0.25, 0.3) is 11.6 Å². The fraction of sp³-hybridized carbons (Fsp3) is 0. The second-order valence-corrected chi connectivity index (χ2v) is 6.43. The van der Waals surface area contributed by atoms with Crippen LogP contribution in [-0.4, -0.2) is 15.8 Å². The monoisotopic (exact) mass is 391 g/mol. The number of anilines is 1. The van der Waals surface area contributed by atoms with Crippen LogP contribution >= 0.6 is 11.3 Å². The van der Waals surface area contributed by atoms with Crippen LogP contribution in [0, 0.1) is 21.4 Å². The highest BCUT2D eigenvalue weighted by Gasteiger charge is 2.13. The molecule has 0 fully saturated rings. The first-order valence-electron chi connectivity index (χ1n) is 7.96. The van der Waals surface area contributed by atoms with Crippen molar-refractivity contribution < 1.29 is 9.72 Å². The fourth-order valence-electron chi connectivity index (χ4n) is 2.42. The summed E-state index contributed by atoms with van der Waals surface area (Å²) in [6, 6.07) is 14.8. The number of para-hydroxylation sites is 1. The number of nitro groups is 1. The molecule has 0 spiro atoms. The smallest absolute Gasteiger partial charge is 0.270 e. The minimum atomic E-state index is -0.586. The first-order chi connectivity index (χ1) is 13.5. The normalized spacial score (nSPS) is 10.9. The molecule has 28 heavy (non-hydrogen) atoms. The number of carbonyl (C=O) groups excluding carboxylic acids is 1. The summed E-state index contributed by atoms with van der Waals surface area (Å²) in [5, 5.41) is 25.5. The number of allylic oxidation sites excluding steroid dienone is 1. The molecule has 0 atom stereocenters. The summed E-state index contributed by atoms with van der Waals surface area (Å²) < 4.78 is 0. The van der Waals surface area contributed by atoms with E-state index in [1.54, 1.807) is 41.8 Å². The van der Waals surface area contributed by atoms with Crippen LogP contribution in [0.2, 0.25) is 0 Å². The van der Waals surface area contributed by atoms with Crippen LogP contribution in [0.3, 0.4) is 0 Å². The number of non-ortho nitro benzene ring substituents is 1. The largest absolute Gasteiger partial charge is 0.366 e. The molecule has 9 heteroatoms. The van der Waals surface area contributed by atoms with E-state index in [1.807, 2.05) is 0 Å². The summed E-state index contributed by atoms with van der Waals surface area (Å²) in [7, 11) is 0. The molecule has 3 rings (SSSR count). The molecule has 0 radical (unpaired) electrons.